The van der Waals surface area contributed by atoms with Crippen LogP contribution in [0.4, 0.5) is 0 Å². The van der Waals surface area contributed by atoms with E-state index in [1.165, 1.54) is 0 Å². The minimum Gasteiger partial charge on any atom is -0.490 e. The van der Waals surface area contributed by atoms with Gasteiger partial charge in [0.15, 0.2) is 11.5 Å². The number of likely N-dealkylation sites (N-methyl/N-ethyl adjacent to an activating group) is 1. The van der Waals surface area contributed by atoms with Crippen LogP contribution in [0.3, 0.4) is 0 Å². The molecule has 1 aliphatic heterocycles. The second-order valence-electron chi connectivity index (χ2n) is 5.00. The van der Waals surface area contributed by atoms with Gasteiger partial charge in [-0.05, 0) is 31.5 Å². The van der Waals surface area contributed by atoms with Crippen LogP contribution >= 0.6 is 0 Å². The normalized spacial score (nSPS) is 13.6. The van der Waals surface area contributed by atoms with E-state index < -0.39 is 0 Å². The first-order chi connectivity index (χ1) is 10.2. The van der Waals surface area contributed by atoms with Gasteiger partial charge in [0.2, 0.25) is 5.91 Å². The van der Waals surface area contributed by atoms with Gasteiger partial charge >= 0.3 is 0 Å². The van der Waals surface area contributed by atoms with Crippen molar-refractivity contribution >= 4 is 5.91 Å². The molecule has 1 heterocycles. The molecule has 1 N–H and O–H groups in total. The maximum atomic E-state index is 11.9. The Bertz CT molecular complexity index is 473. The SMILES string of the molecule is CCN(CC)C(=O)CNCc1ccc2c(c1)OCCCO2. The lowest BCUT2D eigenvalue weighted by Gasteiger charge is -2.18. The Kier molecular flexibility index (Phi) is 5.87. The van der Waals surface area contributed by atoms with Gasteiger partial charge in [-0.1, -0.05) is 6.07 Å². The predicted molar refractivity (Wildman–Crippen MR) is 81.7 cm³/mol. The second kappa shape index (κ2) is 7.88. The van der Waals surface area contributed by atoms with E-state index in [0.29, 0.717) is 26.3 Å². The van der Waals surface area contributed by atoms with Gasteiger partial charge in [0, 0.05) is 26.1 Å². The summed E-state index contributed by atoms with van der Waals surface area (Å²) in [6.45, 7) is 7.87. The van der Waals surface area contributed by atoms with Gasteiger partial charge in [-0.25, -0.2) is 0 Å². The summed E-state index contributed by atoms with van der Waals surface area (Å²) >= 11 is 0. The van der Waals surface area contributed by atoms with Gasteiger partial charge in [-0.2, -0.15) is 0 Å². The van der Waals surface area contributed by atoms with Crippen LogP contribution in [-0.4, -0.2) is 43.7 Å². The Hall–Kier alpha value is -1.75. The Labute approximate surface area is 126 Å². The van der Waals surface area contributed by atoms with Crippen molar-refractivity contribution in [1.82, 2.24) is 10.2 Å². The molecular formula is C16H24N2O3. The smallest absolute Gasteiger partial charge is 0.236 e. The number of nitrogens with one attached hydrogen (secondary N) is 1. The average molecular weight is 292 g/mol. The van der Waals surface area contributed by atoms with Gasteiger partial charge in [0.25, 0.3) is 0 Å². The van der Waals surface area contributed by atoms with Crippen LogP contribution in [0.2, 0.25) is 0 Å². The molecule has 5 heteroatoms. The molecule has 0 radical (unpaired) electrons. The molecule has 1 aromatic rings. The lowest BCUT2D eigenvalue weighted by molar-refractivity contribution is -0.129. The third kappa shape index (κ3) is 4.36. The second-order valence-corrected chi connectivity index (χ2v) is 5.00. The standard InChI is InChI=1S/C16H24N2O3/c1-3-18(4-2)16(19)12-17-11-13-6-7-14-15(10-13)21-9-5-8-20-14/h6-7,10,17H,3-5,8-9,11-12H2,1-2H3. The van der Waals surface area contributed by atoms with Gasteiger partial charge in [-0.3, -0.25) is 4.79 Å². The number of hydrogen-bond acceptors (Lipinski definition) is 4. The highest BCUT2D eigenvalue weighted by Crippen LogP contribution is 2.30. The lowest BCUT2D eigenvalue weighted by atomic mass is 10.2. The molecule has 0 bridgehead atoms. The Morgan fingerprint density at radius 2 is 1.90 bits per heavy atom. The van der Waals surface area contributed by atoms with Crippen molar-refractivity contribution in [3.8, 4) is 11.5 Å². The van der Waals surface area contributed by atoms with Crippen molar-refractivity contribution < 1.29 is 14.3 Å². The summed E-state index contributed by atoms with van der Waals surface area (Å²) < 4.78 is 11.3. The predicted octanol–water partition coefficient (Wildman–Crippen LogP) is 1.81. The van der Waals surface area contributed by atoms with Crippen molar-refractivity contribution in [3.63, 3.8) is 0 Å². The van der Waals surface area contributed by atoms with E-state index in [0.717, 1.165) is 36.6 Å². The first-order valence-electron chi connectivity index (χ1n) is 7.61. The third-order valence-corrected chi connectivity index (χ3v) is 3.53. The van der Waals surface area contributed by atoms with Crippen molar-refractivity contribution in [2.75, 3.05) is 32.8 Å². The highest BCUT2D eigenvalue weighted by atomic mass is 16.5. The fraction of sp³-hybridized carbons (Fsp3) is 0.562. The zero-order valence-corrected chi connectivity index (χ0v) is 12.9. The summed E-state index contributed by atoms with van der Waals surface area (Å²) in [6.07, 6.45) is 0.903. The van der Waals surface area contributed by atoms with Gasteiger partial charge in [0.05, 0.1) is 19.8 Å². The van der Waals surface area contributed by atoms with Gasteiger partial charge in [0.1, 0.15) is 0 Å². The first-order valence-corrected chi connectivity index (χ1v) is 7.61. The molecule has 2 rings (SSSR count). The third-order valence-electron chi connectivity index (χ3n) is 3.53. The number of rotatable bonds is 6. The molecular weight excluding hydrogens is 268 g/mol. The van der Waals surface area contributed by atoms with Crippen LogP contribution in [0.5, 0.6) is 11.5 Å². The minimum atomic E-state index is 0.134. The molecule has 116 valence electrons. The average Bonchev–Trinajstić information content (AvgIpc) is 2.73. The summed E-state index contributed by atoms with van der Waals surface area (Å²) in [7, 11) is 0. The fourth-order valence-electron chi connectivity index (χ4n) is 2.32. The van der Waals surface area contributed by atoms with Crippen LogP contribution in [0, 0.1) is 0 Å². The number of fused-ring (bicyclic) bond motifs is 1. The van der Waals surface area contributed by atoms with Crippen LogP contribution in [0.15, 0.2) is 18.2 Å². The topological polar surface area (TPSA) is 50.8 Å². The molecule has 0 saturated heterocycles. The van der Waals surface area contributed by atoms with E-state index in [9.17, 15) is 4.79 Å². The Morgan fingerprint density at radius 3 is 2.62 bits per heavy atom. The molecule has 0 spiro atoms. The van der Waals surface area contributed by atoms with E-state index in [2.05, 4.69) is 5.32 Å². The molecule has 0 fully saturated rings. The Morgan fingerprint density at radius 1 is 1.19 bits per heavy atom. The molecule has 0 aromatic heterocycles. The summed E-state index contributed by atoms with van der Waals surface area (Å²) in [5, 5.41) is 3.19. The number of carbonyl (C=O) groups is 1. The maximum Gasteiger partial charge on any atom is 0.236 e. The van der Waals surface area contributed by atoms with E-state index in [4.69, 9.17) is 9.47 Å². The summed E-state index contributed by atoms with van der Waals surface area (Å²) in [5.74, 6) is 1.73. The van der Waals surface area contributed by atoms with Gasteiger partial charge in [-0.15, -0.1) is 0 Å². The van der Waals surface area contributed by atoms with E-state index >= 15 is 0 Å². The monoisotopic (exact) mass is 292 g/mol. The zero-order chi connectivity index (χ0) is 15.1. The number of nitrogens with zero attached hydrogens (tertiary/aromatic N) is 1. The van der Waals surface area contributed by atoms with E-state index in [1.54, 1.807) is 0 Å². The molecule has 1 aliphatic rings. The molecule has 0 atom stereocenters. The van der Waals surface area contributed by atoms with Crippen LogP contribution < -0.4 is 14.8 Å². The summed E-state index contributed by atoms with van der Waals surface area (Å²) in [5.41, 5.74) is 1.09. The number of amides is 1. The highest BCUT2D eigenvalue weighted by molar-refractivity contribution is 5.78. The molecule has 21 heavy (non-hydrogen) atoms. The van der Waals surface area contributed by atoms with Gasteiger partial charge < -0.3 is 19.7 Å². The van der Waals surface area contributed by atoms with Crippen molar-refractivity contribution in [1.29, 1.82) is 0 Å². The fourth-order valence-corrected chi connectivity index (χ4v) is 2.32. The number of carbonyl (C=O) groups excluding carboxylic acids is 1. The molecule has 1 amide bonds. The summed E-state index contributed by atoms with van der Waals surface area (Å²) in [4.78, 5) is 13.7. The van der Waals surface area contributed by atoms with E-state index in [-0.39, 0.29) is 5.91 Å². The van der Waals surface area contributed by atoms with Crippen LogP contribution in [0.1, 0.15) is 25.8 Å². The highest BCUT2D eigenvalue weighted by Gasteiger charge is 2.11. The maximum absolute atomic E-state index is 11.9. The number of ether oxygens (including phenoxy) is 2. The zero-order valence-electron chi connectivity index (χ0n) is 12.9. The number of hydrogen-bond donors (Lipinski definition) is 1. The quantitative estimate of drug-likeness (QED) is 0.869. The molecule has 0 unspecified atom stereocenters. The first kappa shape index (κ1) is 15.6. The Balaban J connectivity index is 1.86. The molecule has 0 aliphatic carbocycles. The lowest BCUT2D eigenvalue weighted by Crippen LogP contribution is -2.37. The van der Waals surface area contributed by atoms with Crippen LogP contribution in [0.25, 0.3) is 0 Å². The largest absolute Gasteiger partial charge is 0.490 e. The van der Waals surface area contributed by atoms with Crippen LogP contribution in [-0.2, 0) is 11.3 Å². The van der Waals surface area contributed by atoms with Crippen molar-refractivity contribution in [2.24, 2.45) is 0 Å². The van der Waals surface area contributed by atoms with Crippen molar-refractivity contribution in [3.05, 3.63) is 23.8 Å². The summed E-state index contributed by atoms with van der Waals surface area (Å²) in [6, 6.07) is 5.92. The molecule has 5 nitrogen and oxygen atoms in total. The minimum absolute atomic E-state index is 0.134. The van der Waals surface area contributed by atoms with E-state index in [1.807, 2.05) is 36.9 Å². The van der Waals surface area contributed by atoms with Crippen molar-refractivity contribution in [2.45, 2.75) is 26.8 Å². The number of benzene rings is 1. The molecule has 0 saturated carbocycles. The molecule has 1 aromatic carbocycles.